The molecule has 0 unspecified atom stereocenters. The first-order valence-electron chi connectivity index (χ1n) is 8.22. The van der Waals surface area contributed by atoms with E-state index in [1.807, 2.05) is 0 Å². The van der Waals surface area contributed by atoms with Crippen molar-refractivity contribution < 1.29 is 58.6 Å². The average molecular weight is 469 g/mol. The fourth-order valence-corrected chi connectivity index (χ4v) is 4.79. The number of carbonyl (C=O) groups excluding carboxylic acids is 4. The number of pyridine rings is 1. The number of carboxylic acid groups (broad SMARTS) is 1. The number of nitrogens with one attached hydrogen (secondary N) is 1. The maximum atomic E-state index is 12.5. The Hall–Kier alpha value is -0.530. The Labute approximate surface area is 225 Å². The molecule has 3 heterocycles. The number of nitrogens with zero attached hydrogens (tertiary/aromatic N) is 2. The van der Waals surface area contributed by atoms with Crippen LogP contribution < -0.4 is 40.0 Å². The molecule has 0 radical (unpaired) electrons. The van der Waals surface area contributed by atoms with Crippen LogP contribution in [0, 0.1) is 0 Å². The van der Waals surface area contributed by atoms with Crippen LogP contribution in [0.2, 0.25) is 0 Å². The van der Waals surface area contributed by atoms with Gasteiger partial charge in [0.2, 0.25) is 5.91 Å². The molecule has 1 N–H and O–H groups in total. The van der Waals surface area contributed by atoms with E-state index in [0.29, 0.717) is 5.57 Å². The molecule has 30 heavy (non-hydrogen) atoms. The van der Waals surface area contributed by atoms with Crippen LogP contribution in [0.4, 0.5) is 0 Å². The molecule has 0 spiro atoms. The Morgan fingerprint density at radius 2 is 2.03 bits per heavy atom. The predicted octanol–water partition coefficient (Wildman–Crippen LogP) is -4.50. The van der Waals surface area contributed by atoms with Crippen molar-refractivity contribution in [1.29, 1.82) is 0 Å². The monoisotopic (exact) mass is 469 g/mol. The van der Waals surface area contributed by atoms with E-state index >= 15 is 0 Å². The Morgan fingerprint density at radius 3 is 2.63 bits per heavy atom. The maximum absolute atomic E-state index is 12.5. The molecule has 1 aromatic heterocycles. The summed E-state index contributed by atoms with van der Waals surface area (Å²) in [6.07, 6.45) is 3.24. The molecule has 2 aliphatic rings. The summed E-state index contributed by atoms with van der Waals surface area (Å²) >= 11 is 2.60. The molecule has 1 fully saturated rings. The molecule has 0 aromatic carbocycles. The molecule has 1 aromatic rings. The molecule has 0 saturated carbocycles. The molecule has 2 aliphatic heterocycles. The fraction of sp³-hybridized carbons (Fsp3) is 0.353. The van der Waals surface area contributed by atoms with Crippen LogP contribution in [0.15, 0.2) is 40.7 Å². The van der Waals surface area contributed by atoms with E-state index in [4.69, 9.17) is 4.74 Å². The van der Waals surface area contributed by atoms with Gasteiger partial charge in [0.05, 0.1) is 17.4 Å². The van der Waals surface area contributed by atoms with E-state index in [-0.39, 0.29) is 88.8 Å². The number of thioether (sulfide) groups is 2. The molecule has 2 amide bonds. The van der Waals surface area contributed by atoms with Crippen LogP contribution in [-0.2, 0) is 23.9 Å². The average Bonchev–Trinajstić information content (AvgIpc) is 2.68. The zero-order chi connectivity index (χ0) is 20.3. The Balaban J connectivity index is 0.00000225. The molecular weight excluding hydrogens is 452 g/mol. The third kappa shape index (κ3) is 6.49. The third-order valence-corrected chi connectivity index (χ3v) is 6.38. The Bertz CT molecular complexity index is 855. The number of carbonyl (C=O) groups is 4. The number of ether oxygens (including phenoxy) is 1. The fourth-order valence-electron chi connectivity index (χ4n) is 2.77. The summed E-state index contributed by atoms with van der Waals surface area (Å²) in [5.41, 5.74) is 0.00878. The second-order valence-corrected chi connectivity index (χ2v) is 8.10. The van der Waals surface area contributed by atoms with Gasteiger partial charge in [-0.15, -0.1) is 23.5 Å². The first kappa shape index (κ1) is 27.5. The van der Waals surface area contributed by atoms with Crippen LogP contribution >= 0.6 is 23.5 Å². The summed E-state index contributed by atoms with van der Waals surface area (Å²) in [5, 5.41) is 13.6. The van der Waals surface area contributed by atoms with Gasteiger partial charge in [-0.25, -0.2) is 0 Å². The second kappa shape index (κ2) is 12.5. The van der Waals surface area contributed by atoms with Gasteiger partial charge in [0.1, 0.15) is 18.0 Å². The molecule has 150 valence electrons. The van der Waals surface area contributed by atoms with Crippen molar-refractivity contribution in [3.8, 4) is 0 Å². The molecule has 13 heteroatoms. The quantitative estimate of drug-likeness (QED) is 0.182. The SMILES string of the molecule is CC(=O)OCC1=C(C(=O)[O-])N2C(=O)[C@@H](NC(=O)CSc3ccncc3)[C@H]2SC1.[Na+].[NaH]. The Morgan fingerprint density at radius 1 is 1.37 bits per heavy atom. The van der Waals surface area contributed by atoms with Gasteiger partial charge < -0.3 is 20.0 Å². The Kier molecular flexibility index (Phi) is 11.5. The number of carboxylic acids is 1. The van der Waals surface area contributed by atoms with Crippen LogP contribution in [0.1, 0.15) is 6.92 Å². The molecule has 0 aliphatic carbocycles. The van der Waals surface area contributed by atoms with Gasteiger partial charge in [-0.3, -0.25) is 24.3 Å². The van der Waals surface area contributed by atoms with Crippen LogP contribution in [0.3, 0.4) is 0 Å². The van der Waals surface area contributed by atoms with Gasteiger partial charge >= 0.3 is 65.1 Å². The number of hydrogen-bond acceptors (Lipinski definition) is 9. The van der Waals surface area contributed by atoms with Gasteiger partial charge in [-0.2, -0.15) is 0 Å². The van der Waals surface area contributed by atoms with Crippen molar-refractivity contribution in [3.05, 3.63) is 35.8 Å². The molecule has 2 atom stereocenters. The number of esters is 1. The zero-order valence-electron chi connectivity index (χ0n) is 15.7. The van der Waals surface area contributed by atoms with E-state index in [1.165, 1.54) is 30.4 Å². The summed E-state index contributed by atoms with van der Waals surface area (Å²) in [6, 6.07) is 2.74. The van der Waals surface area contributed by atoms with Crippen molar-refractivity contribution >= 4 is 76.8 Å². The van der Waals surface area contributed by atoms with Gasteiger partial charge in [0, 0.05) is 35.5 Å². The summed E-state index contributed by atoms with van der Waals surface area (Å²) < 4.78 is 4.85. The van der Waals surface area contributed by atoms with Crippen LogP contribution in [0.25, 0.3) is 0 Å². The number of amides is 2. The third-order valence-electron chi connectivity index (χ3n) is 4.03. The summed E-state index contributed by atoms with van der Waals surface area (Å²) in [5.74, 6) is -2.55. The first-order chi connectivity index (χ1) is 13.4. The molecule has 0 bridgehead atoms. The van der Waals surface area contributed by atoms with Crippen molar-refractivity contribution in [2.75, 3.05) is 18.1 Å². The minimum atomic E-state index is -1.51. The van der Waals surface area contributed by atoms with Crippen molar-refractivity contribution in [3.63, 3.8) is 0 Å². The molecule has 1 saturated heterocycles. The number of rotatable bonds is 7. The minimum absolute atomic E-state index is 0. The van der Waals surface area contributed by atoms with Crippen molar-refractivity contribution in [2.45, 2.75) is 23.2 Å². The van der Waals surface area contributed by atoms with Crippen molar-refractivity contribution in [2.24, 2.45) is 0 Å². The first-order valence-corrected chi connectivity index (χ1v) is 10.3. The summed E-state index contributed by atoms with van der Waals surface area (Å²) in [4.78, 5) is 53.0. The number of fused-ring (bicyclic) bond motifs is 1. The van der Waals surface area contributed by atoms with Crippen molar-refractivity contribution in [1.82, 2.24) is 15.2 Å². The number of hydrogen-bond donors (Lipinski definition) is 1. The summed E-state index contributed by atoms with van der Waals surface area (Å²) in [6.45, 7) is 0.990. The number of aromatic nitrogens is 1. The van der Waals surface area contributed by atoms with E-state index in [0.717, 1.165) is 9.80 Å². The molecular formula is C17H17N3Na2O6S2. The van der Waals surface area contributed by atoms with Crippen LogP contribution in [0.5, 0.6) is 0 Å². The van der Waals surface area contributed by atoms with Crippen LogP contribution in [-0.4, -0.2) is 92.7 Å². The van der Waals surface area contributed by atoms with E-state index in [2.05, 4.69) is 10.3 Å². The standard InChI is InChI=1S/C17H17N3O6S2.2Na.H/c1-9(21)26-6-10-7-28-16-13(15(23)20(16)14(10)17(24)25)19-12(22)8-27-11-2-4-18-5-3-11;;;/h2-5,13,16H,6-8H2,1H3,(H,19,22)(H,24,25);;;/q;;+1;/p-1/t13-,16-;;;/m1.../s1. The topological polar surface area (TPSA) is 129 Å². The van der Waals surface area contributed by atoms with E-state index in [9.17, 15) is 24.3 Å². The zero-order valence-corrected chi connectivity index (χ0v) is 19.4. The second-order valence-electron chi connectivity index (χ2n) is 5.95. The van der Waals surface area contributed by atoms with Gasteiger partial charge in [-0.1, -0.05) is 0 Å². The number of aliphatic carboxylic acids is 1. The molecule has 3 rings (SSSR count). The predicted molar refractivity (Wildman–Crippen MR) is 106 cm³/mol. The van der Waals surface area contributed by atoms with Gasteiger partial charge in [-0.05, 0) is 12.1 Å². The van der Waals surface area contributed by atoms with E-state index in [1.54, 1.807) is 24.5 Å². The normalized spacial score (nSPS) is 19.5. The number of β-lactam (4-membered cyclic amide) rings is 1. The molecule has 9 nitrogen and oxygen atoms in total. The summed E-state index contributed by atoms with van der Waals surface area (Å²) in [7, 11) is 0. The van der Waals surface area contributed by atoms with Gasteiger partial charge in [0.25, 0.3) is 5.91 Å². The van der Waals surface area contributed by atoms with E-state index < -0.39 is 29.3 Å². The van der Waals surface area contributed by atoms with Gasteiger partial charge in [0.15, 0.2) is 0 Å².